The molecule has 0 N–H and O–H groups in total. The number of aliphatic carboxylic acids is 2. The Bertz CT molecular complexity index is 392. The number of imide groups is 1. The van der Waals surface area contributed by atoms with Gasteiger partial charge in [-0.1, -0.05) is 13.8 Å². The molecule has 126 valence electrons. The molecule has 1 aliphatic rings. The Morgan fingerprint density at radius 1 is 1.09 bits per heavy atom. The molecule has 1 heterocycles. The molecule has 0 unspecified atom stereocenters. The van der Waals surface area contributed by atoms with Gasteiger partial charge in [0.1, 0.15) is 0 Å². The van der Waals surface area contributed by atoms with Crippen LogP contribution in [-0.2, 0) is 19.2 Å². The fourth-order valence-corrected chi connectivity index (χ4v) is 2.09. The lowest BCUT2D eigenvalue weighted by molar-refractivity contribution is -0.345. The molecule has 0 atom stereocenters. The molecule has 0 aromatic heterocycles. The fourth-order valence-electron chi connectivity index (χ4n) is 2.09. The van der Waals surface area contributed by atoms with E-state index >= 15 is 0 Å². The quantitative estimate of drug-likeness (QED) is 0.507. The number of carbonyl (C=O) groups is 4. The maximum Gasteiger partial charge on any atom is 0.243 e. The predicted octanol–water partition coefficient (Wildman–Crippen LogP) is -2.26. The van der Waals surface area contributed by atoms with E-state index in [1.165, 1.54) is 4.90 Å². The fraction of sp³-hybridized carbons (Fsp3) is 0.714. The molecule has 1 fully saturated rings. The molecule has 0 bridgehead atoms. The van der Waals surface area contributed by atoms with Gasteiger partial charge in [-0.25, -0.2) is 0 Å². The summed E-state index contributed by atoms with van der Waals surface area (Å²) in [6, 6.07) is 0. The van der Waals surface area contributed by atoms with Crippen molar-refractivity contribution in [3.05, 3.63) is 0 Å². The van der Waals surface area contributed by atoms with Gasteiger partial charge >= 0.3 is 0 Å². The molecule has 8 heteroatoms. The number of hydrogen-bond donors (Lipinski definition) is 0. The lowest BCUT2D eigenvalue weighted by Gasteiger charge is -2.23. The van der Waals surface area contributed by atoms with Crippen LogP contribution in [0.1, 0.15) is 39.5 Å². The minimum absolute atomic E-state index is 0.00190. The molecule has 22 heavy (non-hydrogen) atoms. The van der Waals surface area contributed by atoms with E-state index in [-0.39, 0.29) is 11.8 Å². The molecule has 1 saturated heterocycles. The Kier molecular flexibility index (Phi) is 9.77. The normalized spacial score (nSPS) is 13.8. The Balaban J connectivity index is 0.000000626. The van der Waals surface area contributed by atoms with Gasteiger partial charge < -0.3 is 19.8 Å². The van der Waals surface area contributed by atoms with Gasteiger partial charge in [-0.05, 0) is 32.4 Å². The summed E-state index contributed by atoms with van der Waals surface area (Å²) in [6.07, 6.45) is 3.45. The number of amides is 2. The average molecular weight is 314 g/mol. The van der Waals surface area contributed by atoms with E-state index in [1.54, 1.807) is 0 Å². The highest BCUT2D eigenvalue weighted by Crippen LogP contribution is 2.10. The molecular weight excluding hydrogens is 292 g/mol. The predicted molar refractivity (Wildman–Crippen MR) is 73.0 cm³/mol. The monoisotopic (exact) mass is 314 g/mol. The minimum Gasteiger partial charge on any atom is -0.543 e. The summed E-state index contributed by atoms with van der Waals surface area (Å²) in [4.78, 5) is 44.7. The zero-order valence-electron chi connectivity index (χ0n) is 13.0. The molecule has 2 amide bonds. The highest BCUT2D eigenvalue weighted by atomic mass is 16.4. The van der Waals surface area contributed by atoms with Crippen LogP contribution >= 0.6 is 0 Å². The maximum atomic E-state index is 11.9. The summed E-state index contributed by atoms with van der Waals surface area (Å²) in [6.45, 7) is 7.09. The Morgan fingerprint density at radius 2 is 1.59 bits per heavy atom. The summed E-state index contributed by atoms with van der Waals surface area (Å²) >= 11 is 0. The Labute approximate surface area is 129 Å². The van der Waals surface area contributed by atoms with Crippen LogP contribution in [-0.4, -0.2) is 59.7 Å². The van der Waals surface area contributed by atoms with Crippen LogP contribution in [0.25, 0.3) is 0 Å². The second-order valence-electron chi connectivity index (χ2n) is 4.89. The van der Waals surface area contributed by atoms with Crippen LogP contribution in [0, 0.1) is 0 Å². The summed E-state index contributed by atoms with van der Waals surface area (Å²) in [5.74, 6) is -4.40. The number of likely N-dealkylation sites (tertiary alicyclic amines) is 1. The standard InChI is InChI=1S/C12H22N2O2.C2H2O4/c1-3-7-13(8-4-2)10-12(16)14-9-5-6-11(14)15;3-1(4)2(5)6/h3-10H2,1-2H3;(H,3,4)(H,5,6)/p-2. The maximum absolute atomic E-state index is 11.9. The summed E-state index contributed by atoms with van der Waals surface area (Å²) in [5, 5.41) is 17.9. The average Bonchev–Trinajstić information content (AvgIpc) is 2.86. The lowest BCUT2D eigenvalue weighted by atomic mass is 10.3. The number of rotatable bonds is 6. The topological polar surface area (TPSA) is 121 Å². The van der Waals surface area contributed by atoms with Gasteiger partial charge in [0.15, 0.2) is 0 Å². The highest BCUT2D eigenvalue weighted by Gasteiger charge is 2.26. The molecular formula is C14H22N2O6-2. The molecule has 0 aromatic carbocycles. The molecule has 1 aliphatic heterocycles. The van der Waals surface area contributed by atoms with Crippen LogP contribution in [0.5, 0.6) is 0 Å². The number of carboxylic acid groups (broad SMARTS) is 2. The molecule has 0 radical (unpaired) electrons. The third-order valence-electron chi connectivity index (χ3n) is 2.98. The van der Waals surface area contributed by atoms with E-state index in [2.05, 4.69) is 18.7 Å². The molecule has 0 saturated carbocycles. The SMILES string of the molecule is CCCN(CCC)CC(=O)N1CCCC1=O.O=C([O-])C(=O)[O-]. The molecule has 0 spiro atoms. The van der Waals surface area contributed by atoms with Crippen LogP contribution in [0.2, 0.25) is 0 Å². The number of carboxylic acids is 2. The van der Waals surface area contributed by atoms with Crippen molar-refractivity contribution in [2.24, 2.45) is 0 Å². The van der Waals surface area contributed by atoms with Gasteiger partial charge in [-0.3, -0.25) is 19.4 Å². The smallest absolute Gasteiger partial charge is 0.243 e. The lowest BCUT2D eigenvalue weighted by Crippen LogP contribution is -2.42. The van der Waals surface area contributed by atoms with Gasteiger partial charge in [0.2, 0.25) is 11.8 Å². The van der Waals surface area contributed by atoms with Crippen LogP contribution in [0.15, 0.2) is 0 Å². The molecule has 0 aliphatic carbocycles. The van der Waals surface area contributed by atoms with Gasteiger partial charge in [0.05, 0.1) is 18.5 Å². The van der Waals surface area contributed by atoms with E-state index in [0.717, 1.165) is 32.4 Å². The van der Waals surface area contributed by atoms with Crippen molar-refractivity contribution in [2.45, 2.75) is 39.5 Å². The van der Waals surface area contributed by atoms with E-state index < -0.39 is 11.9 Å². The summed E-state index contributed by atoms with van der Waals surface area (Å²) in [7, 11) is 0. The summed E-state index contributed by atoms with van der Waals surface area (Å²) in [5.41, 5.74) is 0. The Morgan fingerprint density at radius 3 is 1.91 bits per heavy atom. The zero-order chi connectivity index (χ0) is 17.1. The van der Waals surface area contributed by atoms with Crippen LogP contribution in [0.3, 0.4) is 0 Å². The third-order valence-corrected chi connectivity index (χ3v) is 2.98. The Hall–Kier alpha value is -1.96. The number of carbonyl (C=O) groups excluding carboxylic acids is 4. The first-order valence-corrected chi connectivity index (χ1v) is 7.31. The summed E-state index contributed by atoms with van der Waals surface area (Å²) < 4.78 is 0. The zero-order valence-corrected chi connectivity index (χ0v) is 13.0. The van der Waals surface area contributed by atoms with E-state index in [9.17, 15) is 9.59 Å². The first kappa shape index (κ1) is 20.0. The second-order valence-corrected chi connectivity index (χ2v) is 4.89. The van der Waals surface area contributed by atoms with Crippen LogP contribution < -0.4 is 10.2 Å². The van der Waals surface area contributed by atoms with Gasteiger partial charge in [0, 0.05) is 13.0 Å². The van der Waals surface area contributed by atoms with Gasteiger partial charge in [-0.15, -0.1) is 0 Å². The van der Waals surface area contributed by atoms with Gasteiger partial charge in [0.25, 0.3) is 0 Å². The second kappa shape index (κ2) is 10.7. The molecule has 1 rings (SSSR count). The minimum atomic E-state index is -2.19. The van der Waals surface area contributed by atoms with Gasteiger partial charge in [-0.2, -0.15) is 0 Å². The third kappa shape index (κ3) is 7.72. The first-order chi connectivity index (χ1) is 10.3. The van der Waals surface area contributed by atoms with Crippen molar-refractivity contribution < 1.29 is 29.4 Å². The first-order valence-electron chi connectivity index (χ1n) is 7.31. The number of hydrogen-bond acceptors (Lipinski definition) is 7. The van der Waals surface area contributed by atoms with Crippen molar-refractivity contribution in [1.29, 1.82) is 0 Å². The van der Waals surface area contributed by atoms with Crippen LogP contribution in [0.4, 0.5) is 0 Å². The van der Waals surface area contributed by atoms with E-state index in [0.29, 0.717) is 19.5 Å². The van der Waals surface area contributed by atoms with Crippen molar-refractivity contribution in [2.75, 3.05) is 26.2 Å². The largest absolute Gasteiger partial charge is 0.543 e. The van der Waals surface area contributed by atoms with Crippen molar-refractivity contribution in [3.63, 3.8) is 0 Å². The molecule has 8 nitrogen and oxygen atoms in total. The van der Waals surface area contributed by atoms with Crippen molar-refractivity contribution in [1.82, 2.24) is 9.80 Å². The highest BCUT2D eigenvalue weighted by molar-refractivity contribution is 6.25. The molecule has 0 aromatic rings. The van der Waals surface area contributed by atoms with Crippen molar-refractivity contribution in [3.8, 4) is 0 Å². The van der Waals surface area contributed by atoms with Crippen molar-refractivity contribution >= 4 is 23.8 Å². The van der Waals surface area contributed by atoms with E-state index in [4.69, 9.17) is 19.8 Å². The number of nitrogens with zero attached hydrogens (tertiary/aromatic N) is 2. The van der Waals surface area contributed by atoms with E-state index in [1.807, 2.05) is 0 Å².